The van der Waals surface area contributed by atoms with Crippen molar-refractivity contribution in [1.82, 2.24) is 4.90 Å². The van der Waals surface area contributed by atoms with Crippen LogP contribution in [0.3, 0.4) is 0 Å². The van der Waals surface area contributed by atoms with Crippen LogP contribution in [0.5, 0.6) is 0 Å². The predicted molar refractivity (Wildman–Crippen MR) is 71.0 cm³/mol. The Hall–Kier alpha value is -0.670. The summed E-state index contributed by atoms with van der Waals surface area (Å²) in [6, 6.07) is 4.38. The summed E-state index contributed by atoms with van der Waals surface area (Å²) in [5, 5.41) is 0. The van der Waals surface area contributed by atoms with E-state index < -0.39 is 0 Å². The van der Waals surface area contributed by atoms with E-state index in [0.29, 0.717) is 0 Å². The summed E-state index contributed by atoms with van der Waals surface area (Å²) in [4.78, 5) is 2.42. The summed E-state index contributed by atoms with van der Waals surface area (Å²) in [6.45, 7) is 2.27. The molecule has 0 aliphatic carbocycles. The minimum Gasteiger partial charge on any atom is -0.399 e. The minimum atomic E-state index is 0.719. The molecule has 86 valence electrons. The first kappa shape index (κ1) is 10.5. The van der Waals surface area contributed by atoms with E-state index in [0.717, 1.165) is 18.2 Å². The molecule has 0 fully saturated rings. The lowest BCUT2D eigenvalue weighted by Crippen LogP contribution is -2.32. The number of rotatable bonds is 0. The second kappa shape index (κ2) is 3.97. The third-order valence-electron chi connectivity index (χ3n) is 3.59. The zero-order chi connectivity index (χ0) is 11.1. The number of benzene rings is 1. The molecule has 0 spiro atoms. The molecule has 0 amide bonds. The quantitative estimate of drug-likeness (QED) is 0.697. The number of hydrogen-bond donors (Lipinski definition) is 1. The van der Waals surface area contributed by atoms with Gasteiger partial charge in [0.2, 0.25) is 0 Å². The Balaban J connectivity index is 2.14. The van der Waals surface area contributed by atoms with Gasteiger partial charge in [0.05, 0.1) is 0 Å². The summed E-state index contributed by atoms with van der Waals surface area (Å²) >= 11 is 2.09. The molecule has 1 aromatic rings. The van der Waals surface area contributed by atoms with Gasteiger partial charge in [-0.15, -0.1) is 0 Å². The van der Waals surface area contributed by atoms with Crippen LogP contribution in [-0.2, 0) is 13.0 Å². The highest BCUT2D eigenvalue weighted by Crippen LogP contribution is 2.37. The second-order valence-electron chi connectivity index (χ2n) is 4.97. The second-order valence-corrected chi connectivity index (χ2v) is 6.12. The number of thioether (sulfide) groups is 1. The molecule has 0 saturated carbocycles. The molecular formula is C13H18N2S. The highest BCUT2D eigenvalue weighted by molar-refractivity contribution is 7.99. The van der Waals surface area contributed by atoms with E-state index in [-0.39, 0.29) is 0 Å². The van der Waals surface area contributed by atoms with Gasteiger partial charge in [-0.3, -0.25) is 0 Å². The van der Waals surface area contributed by atoms with Crippen molar-refractivity contribution in [2.75, 3.05) is 30.8 Å². The van der Waals surface area contributed by atoms with Crippen molar-refractivity contribution in [2.24, 2.45) is 0 Å². The molecule has 2 heterocycles. The molecule has 2 aliphatic rings. The van der Waals surface area contributed by atoms with Crippen molar-refractivity contribution in [3.05, 3.63) is 28.8 Å². The monoisotopic (exact) mass is 234 g/mol. The summed E-state index contributed by atoms with van der Waals surface area (Å²) in [7, 11) is 2.21. The first-order chi connectivity index (χ1) is 7.74. The number of likely N-dealkylation sites (N-methyl/N-ethyl adjacent to an activating group) is 1. The highest BCUT2D eigenvalue weighted by atomic mass is 32.2. The Labute approximate surface area is 101 Å². The van der Waals surface area contributed by atoms with E-state index in [1.165, 1.54) is 35.6 Å². The molecule has 0 saturated heterocycles. The van der Waals surface area contributed by atoms with E-state index in [1.54, 1.807) is 5.56 Å². The van der Waals surface area contributed by atoms with Gasteiger partial charge in [0.15, 0.2) is 0 Å². The maximum atomic E-state index is 6.00. The molecule has 3 rings (SSSR count). The van der Waals surface area contributed by atoms with E-state index in [2.05, 4.69) is 35.8 Å². The van der Waals surface area contributed by atoms with Crippen LogP contribution in [0.4, 0.5) is 5.69 Å². The van der Waals surface area contributed by atoms with Gasteiger partial charge in [0.25, 0.3) is 0 Å². The van der Waals surface area contributed by atoms with Crippen LogP contribution in [0, 0.1) is 0 Å². The SMILES string of the molecule is CN1Cc2cc(N)cc3c2C(CSCC3)C1. The van der Waals surface area contributed by atoms with Crippen molar-refractivity contribution in [1.29, 1.82) is 0 Å². The Morgan fingerprint density at radius 1 is 1.38 bits per heavy atom. The molecule has 1 unspecified atom stereocenters. The largest absolute Gasteiger partial charge is 0.399 e. The molecular weight excluding hydrogens is 216 g/mol. The topological polar surface area (TPSA) is 29.3 Å². The fraction of sp³-hybridized carbons (Fsp3) is 0.538. The van der Waals surface area contributed by atoms with Crippen molar-refractivity contribution >= 4 is 17.4 Å². The van der Waals surface area contributed by atoms with Gasteiger partial charge in [0.1, 0.15) is 0 Å². The van der Waals surface area contributed by atoms with E-state index in [1.807, 2.05) is 0 Å². The minimum absolute atomic E-state index is 0.719. The summed E-state index contributed by atoms with van der Waals surface area (Å²) in [6.07, 6.45) is 1.19. The molecule has 0 bridgehead atoms. The van der Waals surface area contributed by atoms with Crippen molar-refractivity contribution in [3.8, 4) is 0 Å². The van der Waals surface area contributed by atoms with Crippen LogP contribution in [0.1, 0.15) is 22.6 Å². The molecule has 2 aliphatic heterocycles. The summed E-state index contributed by atoms with van der Waals surface area (Å²) in [5.41, 5.74) is 11.5. The van der Waals surface area contributed by atoms with Crippen LogP contribution < -0.4 is 5.73 Å². The van der Waals surface area contributed by atoms with Crippen LogP contribution in [-0.4, -0.2) is 30.0 Å². The lowest BCUT2D eigenvalue weighted by atomic mass is 9.86. The average molecular weight is 234 g/mol. The Morgan fingerprint density at radius 3 is 3.06 bits per heavy atom. The molecule has 1 atom stereocenters. The van der Waals surface area contributed by atoms with Gasteiger partial charge in [-0.1, -0.05) is 0 Å². The Kier molecular flexibility index (Phi) is 2.60. The molecule has 1 aromatic carbocycles. The standard InChI is InChI=1S/C13H18N2S/c1-15-6-10-5-12(14)4-9-2-3-16-8-11(7-15)13(9)10/h4-5,11H,2-3,6-8,14H2,1H3. The number of nitrogens with two attached hydrogens (primary N) is 1. The fourth-order valence-corrected chi connectivity index (χ4v) is 4.12. The van der Waals surface area contributed by atoms with Crippen LogP contribution in [0.15, 0.2) is 12.1 Å². The smallest absolute Gasteiger partial charge is 0.0320 e. The summed E-state index contributed by atoms with van der Waals surface area (Å²) < 4.78 is 0. The van der Waals surface area contributed by atoms with Gasteiger partial charge in [-0.2, -0.15) is 11.8 Å². The molecule has 2 nitrogen and oxygen atoms in total. The highest BCUT2D eigenvalue weighted by Gasteiger charge is 2.27. The van der Waals surface area contributed by atoms with Crippen LogP contribution in [0.2, 0.25) is 0 Å². The number of nitrogen functional groups attached to an aromatic ring is 1. The molecule has 16 heavy (non-hydrogen) atoms. The maximum Gasteiger partial charge on any atom is 0.0320 e. The van der Waals surface area contributed by atoms with Crippen LogP contribution in [0.25, 0.3) is 0 Å². The van der Waals surface area contributed by atoms with Crippen molar-refractivity contribution in [2.45, 2.75) is 18.9 Å². The zero-order valence-electron chi connectivity index (χ0n) is 9.70. The Bertz CT molecular complexity index is 417. The summed E-state index contributed by atoms with van der Waals surface area (Å²) in [5.74, 6) is 3.24. The van der Waals surface area contributed by atoms with Gasteiger partial charge in [-0.05, 0) is 48.0 Å². The lowest BCUT2D eigenvalue weighted by molar-refractivity contribution is 0.289. The fourth-order valence-electron chi connectivity index (χ4n) is 3.03. The first-order valence-electron chi connectivity index (χ1n) is 5.91. The van der Waals surface area contributed by atoms with Gasteiger partial charge in [0, 0.05) is 30.4 Å². The number of nitrogens with zero attached hydrogens (tertiary/aromatic N) is 1. The maximum absolute atomic E-state index is 6.00. The van der Waals surface area contributed by atoms with E-state index >= 15 is 0 Å². The average Bonchev–Trinajstić information content (AvgIpc) is 2.40. The van der Waals surface area contributed by atoms with Gasteiger partial charge in [-0.25, -0.2) is 0 Å². The normalized spacial score (nSPS) is 24.9. The van der Waals surface area contributed by atoms with Crippen molar-refractivity contribution in [3.63, 3.8) is 0 Å². The third kappa shape index (κ3) is 1.72. The number of hydrogen-bond acceptors (Lipinski definition) is 3. The molecule has 3 heteroatoms. The zero-order valence-corrected chi connectivity index (χ0v) is 10.5. The molecule has 0 radical (unpaired) electrons. The Morgan fingerprint density at radius 2 is 2.19 bits per heavy atom. The number of anilines is 1. The van der Waals surface area contributed by atoms with Crippen LogP contribution >= 0.6 is 11.8 Å². The first-order valence-corrected chi connectivity index (χ1v) is 7.07. The predicted octanol–water partition coefficient (Wildman–Crippen LogP) is 2.09. The third-order valence-corrected chi connectivity index (χ3v) is 4.72. The molecule has 2 N–H and O–H groups in total. The van der Waals surface area contributed by atoms with Gasteiger partial charge < -0.3 is 10.6 Å². The lowest BCUT2D eigenvalue weighted by Gasteiger charge is -2.33. The molecule has 0 aromatic heterocycles. The number of aryl methyl sites for hydroxylation is 1. The van der Waals surface area contributed by atoms with E-state index in [4.69, 9.17) is 5.73 Å². The van der Waals surface area contributed by atoms with Gasteiger partial charge >= 0.3 is 0 Å². The van der Waals surface area contributed by atoms with Crippen molar-refractivity contribution < 1.29 is 0 Å². The van der Waals surface area contributed by atoms with E-state index in [9.17, 15) is 0 Å².